The summed E-state index contributed by atoms with van der Waals surface area (Å²) >= 11 is 6.02. The van der Waals surface area contributed by atoms with Gasteiger partial charge < -0.3 is 10.1 Å². The Morgan fingerprint density at radius 1 is 1.23 bits per heavy atom. The molecule has 26 heavy (non-hydrogen) atoms. The summed E-state index contributed by atoms with van der Waals surface area (Å²) in [6.45, 7) is 0.181. The fourth-order valence-electron chi connectivity index (χ4n) is 2.93. The molecule has 2 heterocycles. The standard InChI is InChI=1S/C18H18ClN3O4/c1-21-14-10-13(11-5-4-6-12(19)9-11)20-16(14)17(25)22(18(21)26)8-3-2-7-15(23)24/h4-6,9-10,20H,2-3,7-8H2,1H3,(H,23,24). The number of nitrogens with zero attached hydrogens (tertiary/aromatic N) is 2. The smallest absolute Gasteiger partial charge is 0.331 e. The molecule has 0 atom stereocenters. The van der Waals surface area contributed by atoms with Crippen molar-refractivity contribution in [3.8, 4) is 11.3 Å². The number of hydrogen-bond acceptors (Lipinski definition) is 3. The zero-order valence-corrected chi connectivity index (χ0v) is 14.9. The Kier molecular flexibility index (Phi) is 4.99. The van der Waals surface area contributed by atoms with Crippen LogP contribution in [-0.2, 0) is 18.4 Å². The van der Waals surface area contributed by atoms with Gasteiger partial charge in [0.15, 0.2) is 0 Å². The SMILES string of the molecule is Cn1c(=O)n(CCCCC(=O)O)c(=O)c2[nH]c(-c3cccc(Cl)c3)cc21. The first kappa shape index (κ1) is 18.0. The summed E-state index contributed by atoms with van der Waals surface area (Å²) in [6, 6.07) is 8.95. The van der Waals surface area contributed by atoms with Crippen molar-refractivity contribution in [2.75, 3.05) is 0 Å². The number of unbranched alkanes of at least 4 members (excludes halogenated alkanes) is 1. The lowest BCUT2D eigenvalue weighted by Gasteiger charge is -2.07. The first-order valence-corrected chi connectivity index (χ1v) is 8.56. The largest absolute Gasteiger partial charge is 0.481 e. The summed E-state index contributed by atoms with van der Waals surface area (Å²) in [5.41, 5.74) is 1.52. The lowest BCUT2D eigenvalue weighted by atomic mass is 10.1. The van der Waals surface area contributed by atoms with E-state index in [4.69, 9.17) is 16.7 Å². The maximum absolute atomic E-state index is 12.7. The lowest BCUT2D eigenvalue weighted by Crippen LogP contribution is -2.39. The van der Waals surface area contributed by atoms with E-state index >= 15 is 0 Å². The molecular formula is C18H18ClN3O4. The van der Waals surface area contributed by atoms with Crippen LogP contribution in [0.5, 0.6) is 0 Å². The molecule has 0 unspecified atom stereocenters. The number of aromatic nitrogens is 3. The van der Waals surface area contributed by atoms with Gasteiger partial charge in [0, 0.05) is 30.7 Å². The summed E-state index contributed by atoms with van der Waals surface area (Å²) in [5.74, 6) is -0.892. The molecule has 8 heteroatoms. The van der Waals surface area contributed by atoms with E-state index in [1.807, 2.05) is 12.1 Å². The van der Waals surface area contributed by atoms with Crippen molar-refractivity contribution in [2.24, 2.45) is 7.05 Å². The molecule has 7 nitrogen and oxygen atoms in total. The molecule has 0 radical (unpaired) electrons. The molecule has 0 amide bonds. The average Bonchev–Trinajstić information content (AvgIpc) is 3.05. The molecule has 2 aromatic heterocycles. The van der Waals surface area contributed by atoms with Crippen LogP contribution in [0.4, 0.5) is 0 Å². The minimum Gasteiger partial charge on any atom is -0.481 e. The van der Waals surface area contributed by atoms with Crippen LogP contribution in [0.15, 0.2) is 39.9 Å². The van der Waals surface area contributed by atoms with E-state index in [9.17, 15) is 14.4 Å². The van der Waals surface area contributed by atoms with Crippen molar-refractivity contribution in [1.82, 2.24) is 14.1 Å². The van der Waals surface area contributed by atoms with Crippen LogP contribution in [0.3, 0.4) is 0 Å². The van der Waals surface area contributed by atoms with Gasteiger partial charge >= 0.3 is 11.7 Å². The number of H-pyrrole nitrogens is 1. The second-order valence-electron chi connectivity index (χ2n) is 6.10. The summed E-state index contributed by atoms with van der Waals surface area (Å²) in [6.07, 6.45) is 0.856. The Labute approximate surface area is 153 Å². The highest BCUT2D eigenvalue weighted by Gasteiger charge is 2.14. The summed E-state index contributed by atoms with van der Waals surface area (Å²) in [4.78, 5) is 38.9. The first-order chi connectivity index (χ1) is 12.4. The Morgan fingerprint density at radius 3 is 2.69 bits per heavy atom. The number of carbonyl (C=O) groups is 1. The van der Waals surface area contributed by atoms with E-state index in [0.717, 1.165) is 10.1 Å². The Bertz CT molecular complexity index is 1090. The molecule has 0 bridgehead atoms. The predicted octanol–water partition coefficient (Wildman–Crippen LogP) is 2.60. The highest BCUT2D eigenvalue weighted by Crippen LogP contribution is 2.24. The predicted molar refractivity (Wildman–Crippen MR) is 99.7 cm³/mol. The van der Waals surface area contributed by atoms with Gasteiger partial charge in [-0.25, -0.2) is 4.79 Å². The monoisotopic (exact) mass is 375 g/mol. The molecule has 3 aromatic rings. The molecule has 1 aromatic carbocycles. The third-order valence-electron chi connectivity index (χ3n) is 4.29. The molecule has 3 rings (SSSR count). The van der Waals surface area contributed by atoms with Crippen molar-refractivity contribution in [1.29, 1.82) is 0 Å². The van der Waals surface area contributed by atoms with E-state index in [2.05, 4.69) is 4.98 Å². The molecule has 0 fully saturated rings. The summed E-state index contributed by atoms with van der Waals surface area (Å²) in [7, 11) is 1.60. The minimum atomic E-state index is -0.892. The number of aromatic amines is 1. The van der Waals surface area contributed by atoms with Crippen LogP contribution in [0.25, 0.3) is 22.3 Å². The topological polar surface area (TPSA) is 97.1 Å². The van der Waals surface area contributed by atoms with E-state index in [-0.39, 0.29) is 13.0 Å². The maximum Gasteiger partial charge on any atom is 0.331 e. The summed E-state index contributed by atoms with van der Waals surface area (Å²) < 4.78 is 2.56. The molecule has 2 N–H and O–H groups in total. The number of rotatable bonds is 6. The number of fused-ring (bicyclic) bond motifs is 1. The van der Waals surface area contributed by atoms with Crippen LogP contribution in [-0.4, -0.2) is 25.2 Å². The zero-order valence-electron chi connectivity index (χ0n) is 14.2. The molecule has 0 aliphatic rings. The Morgan fingerprint density at radius 2 is 2.00 bits per heavy atom. The number of benzene rings is 1. The molecule has 0 saturated heterocycles. The lowest BCUT2D eigenvalue weighted by molar-refractivity contribution is -0.137. The number of carboxylic acids is 1. The van der Waals surface area contributed by atoms with Crippen LogP contribution in [0.1, 0.15) is 19.3 Å². The van der Waals surface area contributed by atoms with Crippen LogP contribution in [0, 0.1) is 0 Å². The van der Waals surface area contributed by atoms with Gasteiger partial charge in [-0.15, -0.1) is 0 Å². The van der Waals surface area contributed by atoms with Crippen molar-refractivity contribution in [3.05, 3.63) is 56.2 Å². The number of carboxylic acid groups (broad SMARTS) is 1. The Hall–Kier alpha value is -2.80. The molecular weight excluding hydrogens is 358 g/mol. The van der Waals surface area contributed by atoms with Gasteiger partial charge in [0.1, 0.15) is 5.52 Å². The van der Waals surface area contributed by atoms with Gasteiger partial charge in [-0.05, 0) is 36.6 Å². The minimum absolute atomic E-state index is 0.0126. The van der Waals surface area contributed by atoms with Crippen LogP contribution >= 0.6 is 11.6 Å². The average molecular weight is 376 g/mol. The molecule has 0 aliphatic carbocycles. The third kappa shape index (κ3) is 3.43. The Balaban J connectivity index is 2.03. The molecule has 0 spiro atoms. The fourth-order valence-corrected chi connectivity index (χ4v) is 3.12. The van der Waals surface area contributed by atoms with Crippen molar-refractivity contribution < 1.29 is 9.90 Å². The number of aliphatic carboxylic acids is 1. The second kappa shape index (κ2) is 7.21. The van der Waals surface area contributed by atoms with Gasteiger partial charge in [-0.2, -0.15) is 0 Å². The van der Waals surface area contributed by atoms with E-state index < -0.39 is 17.2 Å². The zero-order chi connectivity index (χ0) is 18.8. The third-order valence-corrected chi connectivity index (χ3v) is 4.53. The summed E-state index contributed by atoms with van der Waals surface area (Å²) in [5, 5.41) is 9.26. The quantitative estimate of drug-likeness (QED) is 0.647. The number of halogens is 1. The fraction of sp³-hybridized carbons (Fsp3) is 0.278. The first-order valence-electron chi connectivity index (χ1n) is 8.19. The van der Waals surface area contributed by atoms with Crippen LogP contribution < -0.4 is 11.2 Å². The normalized spacial score (nSPS) is 11.2. The molecule has 0 aliphatic heterocycles. The number of hydrogen-bond donors (Lipinski definition) is 2. The number of aryl methyl sites for hydroxylation is 1. The van der Waals surface area contributed by atoms with Gasteiger partial charge in [-0.3, -0.25) is 18.7 Å². The van der Waals surface area contributed by atoms with Crippen molar-refractivity contribution in [3.63, 3.8) is 0 Å². The highest BCUT2D eigenvalue weighted by atomic mass is 35.5. The maximum atomic E-state index is 12.7. The molecule has 136 valence electrons. The van der Waals surface area contributed by atoms with Gasteiger partial charge in [0.25, 0.3) is 5.56 Å². The second-order valence-corrected chi connectivity index (χ2v) is 6.54. The van der Waals surface area contributed by atoms with E-state index in [1.165, 1.54) is 4.57 Å². The molecule has 0 saturated carbocycles. The van der Waals surface area contributed by atoms with Crippen molar-refractivity contribution in [2.45, 2.75) is 25.8 Å². The highest BCUT2D eigenvalue weighted by molar-refractivity contribution is 6.30. The van der Waals surface area contributed by atoms with Gasteiger partial charge in [0.05, 0.1) is 5.52 Å². The van der Waals surface area contributed by atoms with E-state index in [0.29, 0.717) is 34.6 Å². The van der Waals surface area contributed by atoms with Gasteiger partial charge in [-0.1, -0.05) is 23.7 Å². The van der Waals surface area contributed by atoms with Crippen molar-refractivity contribution >= 4 is 28.6 Å². The van der Waals surface area contributed by atoms with Crippen LogP contribution in [0.2, 0.25) is 5.02 Å². The van der Waals surface area contributed by atoms with Gasteiger partial charge in [0.2, 0.25) is 0 Å². The van der Waals surface area contributed by atoms with E-state index in [1.54, 1.807) is 25.2 Å². The number of nitrogens with one attached hydrogen (secondary N) is 1.